The number of aliphatic hydroxyl groups excluding tert-OH is 1. The van der Waals surface area contributed by atoms with Crippen LogP contribution in [0.1, 0.15) is 34.6 Å². The molecule has 0 aliphatic rings. The zero-order chi connectivity index (χ0) is 15.1. The maximum Gasteiger partial charge on any atom is 0.407 e. The predicted molar refractivity (Wildman–Crippen MR) is 79.5 cm³/mol. The Morgan fingerprint density at radius 1 is 1.47 bits per heavy atom. The number of carbonyl (C=O) groups is 1. The van der Waals surface area contributed by atoms with Gasteiger partial charge in [-0.15, -0.1) is 0 Å². The number of nitrogens with one attached hydrogen (secondary N) is 1. The van der Waals surface area contributed by atoms with Crippen LogP contribution in [0.25, 0.3) is 0 Å². The van der Waals surface area contributed by atoms with Gasteiger partial charge in [-0.1, -0.05) is 13.8 Å². The molecule has 4 N–H and O–H groups in total. The number of amidine groups is 1. The number of carbonyl (C=O) groups excluding carboxylic acids is 1. The lowest BCUT2D eigenvalue weighted by atomic mass is 10.2. The highest BCUT2D eigenvalue weighted by Gasteiger charge is 2.16. The quantitative estimate of drug-likeness (QED) is 0.506. The summed E-state index contributed by atoms with van der Waals surface area (Å²) in [6.07, 6.45) is -1.64. The molecule has 0 saturated carbocycles. The fraction of sp³-hybridized carbons (Fsp3) is 0.833. The maximum absolute atomic E-state index is 11.3. The molecule has 0 aromatic rings. The van der Waals surface area contributed by atoms with E-state index in [0.29, 0.717) is 16.8 Å². The second-order valence-corrected chi connectivity index (χ2v) is 6.91. The van der Waals surface area contributed by atoms with Crippen LogP contribution in [-0.2, 0) is 4.74 Å². The number of alkyl carbamates (subject to hydrolysis) is 1. The van der Waals surface area contributed by atoms with Gasteiger partial charge in [-0.05, 0) is 26.0 Å². The molecule has 7 heteroatoms. The maximum atomic E-state index is 11.3. The molecule has 0 aromatic heterocycles. The molecule has 0 radical (unpaired) electrons. The third-order valence-electron chi connectivity index (χ3n) is 1.71. The Labute approximate surface area is 119 Å². The Kier molecular flexibility index (Phi) is 7.85. The van der Waals surface area contributed by atoms with E-state index in [1.807, 2.05) is 0 Å². The lowest BCUT2D eigenvalue weighted by Crippen LogP contribution is -2.37. The Bertz CT molecular complexity index is 314. The first-order valence-electron chi connectivity index (χ1n) is 6.19. The molecule has 0 aliphatic heterocycles. The average molecular weight is 291 g/mol. The van der Waals surface area contributed by atoms with Crippen LogP contribution < -0.4 is 11.1 Å². The van der Waals surface area contributed by atoms with Gasteiger partial charge in [-0.3, -0.25) is 0 Å². The molecule has 6 nitrogen and oxygen atoms in total. The Morgan fingerprint density at radius 3 is 2.53 bits per heavy atom. The van der Waals surface area contributed by atoms with Crippen molar-refractivity contribution in [3.63, 3.8) is 0 Å². The lowest BCUT2D eigenvalue weighted by Gasteiger charge is -2.20. The van der Waals surface area contributed by atoms with Crippen LogP contribution in [0.5, 0.6) is 0 Å². The summed E-state index contributed by atoms with van der Waals surface area (Å²) in [5.74, 6) is 0.915. The van der Waals surface area contributed by atoms with E-state index in [4.69, 9.17) is 10.5 Å². The second-order valence-electron chi connectivity index (χ2n) is 5.34. The molecule has 112 valence electrons. The van der Waals surface area contributed by atoms with Gasteiger partial charge in [0.1, 0.15) is 11.4 Å². The van der Waals surface area contributed by atoms with Crippen molar-refractivity contribution >= 4 is 23.7 Å². The van der Waals surface area contributed by atoms with Crippen LogP contribution in [0.3, 0.4) is 0 Å². The normalized spacial score (nSPS) is 14.4. The van der Waals surface area contributed by atoms with Gasteiger partial charge >= 0.3 is 6.09 Å². The molecule has 0 fully saturated rings. The first-order chi connectivity index (χ1) is 8.60. The van der Waals surface area contributed by atoms with Crippen molar-refractivity contribution in [3.05, 3.63) is 0 Å². The topological polar surface area (TPSA) is 96.9 Å². The highest BCUT2D eigenvalue weighted by atomic mass is 32.2. The number of aliphatic imine (C=N–C) groups is 1. The summed E-state index contributed by atoms with van der Waals surface area (Å²) in [5, 5.41) is 12.5. The van der Waals surface area contributed by atoms with Crippen LogP contribution >= 0.6 is 11.8 Å². The Morgan fingerprint density at radius 2 is 2.05 bits per heavy atom. The third kappa shape index (κ3) is 11.9. The third-order valence-corrected chi connectivity index (χ3v) is 2.84. The molecule has 0 saturated heterocycles. The second kappa shape index (κ2) is 8.27. The zero-order valence-corrected chi connectivity index (χ0v) is 13.1. The summed E-state index contributed by atoms with van der Waals surface area (Å²) < 4.78 is 5.03. The number of hydrogen-bond acceptors (Lipinski definition) is 5. The van der Waals surface area contributed by atoms with Crippen LogP contribution in [0.15, 0.2) is 4.99 Å². The van der Waals surface area contributed by atoms with E-state index >= 15 is 0 Å². The summed E-state index contributed by atoms with van der Waals surface area (Å²) >= 11 is 1.63. The molecular weight excluding hydrogens is 266 g/mol. The highest BCUT2D eigenvalue weighted by Crippen LogP contribution is 2.08. The first kappa shape index (κ1) is 18.0. The average Bonchev–Trinajstić information content (AvgIpc) is 2.21. The number of thioether (sulfide) groups is 1. The van der Waals surface area contributed by atoms with Crippen molar-refractivity contribution in [1.29, 1.82) is 0 Å². The van der Waals surface area contributed by atoms with E-state index in [0.717, 1.165) is 0 Å². The number of nitrogens with zero attached hydrogens (tertiary/aromatic N) is 1. The van der Waals surface area contributed by atoms with Crippen LogP contribution in [-0.4, -0.2) is 46.4 Å². The number of hydrogen-bond donors (Lipinski definition) is 3. The molecule has 1 atom stereocenters. The van der Waals surface area contributed by atoms with Gasteiger partial charge in [0.2, 0.25) is 0 Å². The Balaban J connectivity index is 4.00. The van der Waals surface area contributed by atoms with Gasteiger partial charge in [0.05, 0.1) is 12.3 Å². The van der Waals surface area contributed by atoms with Crippen molar-refractivity contribution < 1.29 is 14.6 Å². The largest absolute Gasteiger partial charge is 0.444 e. The van der Waals surface area contributed by atoms with E-state index in [2.05, 4.69) is 24.2 Å². The minimum atomic E-state index is -1.06. The zero-order valence-electron chi connectivity index (χ0n) is 12.3. The molecule has 19 heavy (non-hydrogen) atoms. The number of ether oxygens (including phenoxy) is 1. The molecule has 0 heterocycles. The van der Waals surface area contributed by atoms with Gasteiger partial charge < -0.3 is 20.9 Å². The van der Waals surface area contributed by atoms with E-state index < -0.39 is 17.9 Å². The van der Waals surface area contributed by atoms with Crippen molar-refractivity contribution in [1.82, 2.24) is 5.32 Å². The number of aliphatic hydroxyl groups is 1. The fourth-order valence-electron chi connectivity index (χ4n) is 1.02. The van der Waals surface area contributed by atoms with Gasteiger partial charge in [0.25, 0.3) is 0 Å². The van der Waals surface area contributed by atoms with Crippen LogP contribution in [0.4, 0.5) is 4.79 Å². The standard InChI is InChI=1S/C12H25N3O3S/c1-8(2)19-7-9(13)15-10(16)6-14-11(17)18-12(3,4)5/h8,10,16H,6-7H2,1-5H3,(H2,13,15)(H,14,17). The van der Waals surface area contributed by atoms with E-state index in [1.54, 1.807) is 32.5 Å². The Hall–Kier alpha value is -0.950. The van der Waals surface area contributed by atoms with Gasteiger partial charge in [0, 0.05) is 0 Å². The molecule has 1 amide bonds. The molecule has 0 rings (SSSR count). The van der Waals surface area contributed by atoms with Crippen LogP contribution in [0.2, 0.25) is 0 Å². The summed E-state index contributed by atoms with van der Waals surface area (Å²) in [6.45, 7) is 9.38. The van der Waals surface area contributed by atoms with Gasteiger partial charge in [0.15, 0.2) is 6.23 Å². The SMILES string of the molecule is CC(C)SCC(N)=NC(O)CNC(=O)OC(C)(C)C. The fourth-order valence-corrected chi connectivity index (χ4v) is 1.59. The minimum absolute atomic E-state index is 0.0258. The van der Waals surface area contributed by atoms with Gasteiger partial charge in [-0.25, -0.2) is 9.79 Å². The predicted octanol–water partition coefficient (Wildman–Crippen LogP) is 1.33. The smallest absolute Gasteiger partial charge is 0.407 e. The van der Waals surface area contributed by atoms with Crippen molar-refractivity contribution in [2.75, 3.05) is 12.3 Å². The van der Waals surface area contributed by atoms with Crippen molar-refractivity contribution in [3.8, 4) is 0 Å². The first-order valence-corrected chi connectivity index (χ1v) is 7.23. The van der Waals surface area contributed by atoms with E-state index in [-0.39, 0.29) is 6.54 Å². The van der Waals surface area contributed by atoms with Crippen molar-refractivity contribution in [2.45, 2.75) is 51.7 Å². The van der Waals surface area contributed by atoms with Crippen molar-refractivity contribution in [2.24, 2.45) is 10.7 Å². The highest BCUT2D eigenvalue weighted by molar-refractivity contribution is 8.00. The molecule has 0 aliphatic carbocycles. The molecule has 0 aromatic carbocycles. The van der Waals surface area contributed by atoms with Crippen LogP contribution in [0, 0.1) is 0 Å². The molecule has 1 unspecified atom stereocenters. The minimum Gasteiger partial charge on any atom is -0.444 e. The van der Waals surface area contributed by atoms with Gasteiger partial charge in [-0.2, -0.15) is 11.8 Å². The summed E-state index contributed by atoms with van der Waals surface area (Å²) in [6, 6.07) is 0. The van der Waals surface area contributed by atoms with E-state index in [1.165, 1.54) is 0 Å². The number of rotatable bonds is 6. The number of nitrogens with two attached hydrogens (primary N) is 1. The molecule has 0 bridgehead atoms. The molecule has 0 spiro atoms. The van der Waals surface area contributed by atoms with E-state index in [9.17, 15) is 9.90 Å². The summed E-state index contributed by atoms with van der Waals surface area (Å²) in [4.78, 5) is 15.2. The summed E-state index contributed by atoms with van der Waals surface area (Å²) in [7, 11) is 0. The lowest BCUT2D eigenvalue weighted by molar-refractivity contribution is 0.0495. The summed E-state index contributed by atoms with van der Waals surface area (Å²) in [5.41, 5.74) is 5.09. The molecular formula is C12H25N3O3S. The number of amides is 1. The monoisotopic (exact) mass is 291 g/mol.